The molecule has 1 aromatic rings. The molecule has 0 aliphatic rings. The van der Waals surface area contributed by atoms with E-state index in [9.17, 15) is 0 Å². The average Bonchev–Trinajstić information content (AvgIpc) is 2.51. The van der Waals surface area contributed by atoms with Gasteiger partial charge in [0.1, 0.15) is 6.04 Å². The molecule has 64 valence electrons. The van der Waals surface area contributed by atoms with Crippen LogP contribution in [0.25, 0.3) is 0 Å². The van der Waals surface area contributed by atoms with Gasteiger partial charge in [0.15, 0.2) is 0 Å². The first-order valence-electron chi connectivity index (χ1n) is 4.15. The maximum atomic E-state index is 5.28. The molecule has 0 aliphatic heterocycles. The lowest BCUT2D eigenvalue weighted by molar-refractivity contribution is 0.596. The van der Waals surface area contributed by atoms with Crippen molar-refractivity contribution in [3.8, 4) is 12.3 Å². The molecule has 2 nitrogen and oxygen atoms in total. The number of hydrogen-bond donors (Lipinski definition) is 0. The SMILES string of the molecule is C#CC(C)n1cc(C(C)C)cn1. The molecule has 0 fully saturated rings. The van der Waals surface area contributed by atoms with Gasteiger partial charge < -0.3 is 0 Å². The number of nitrogens with zero attached hydrogens (tertiary/aromatic N) is 2. The zero-order valence-electron chi connectivity index (χ0n) is 7.78. The molecule has 1 aromatic heterocycles. The first-order chi connectivity index (χ1) is 5.65. The van der Waals surface area contributed by atoms with Crippen molar-refractivity contribution < 1.29 is 0 Å². The van der Waals surface area contributed by atoms with E-state index in [1.165, 1.54) is 5.56 Å². The second-order valence-electron chi connectivity index (χ2n) is 3.25. The Labute approximate surface area is 73.6 Å². The third-order valence-corrected chi connectivity index (χ3v) is 1.93. The summed E-state index contributed by atoms with van der Waals surface area (Å²) >= 11 is 0. The Bertz CT molecular complexity index is 291. The van der Waals surface area contributed by atoms with Crippen molar-refractivity contribution in [1.29, 1.82) is 0 Å². The largest absolute Gasteiger partial charge is 0.258 e. The van der Waals surface area contributed by atoms with Crippen molar-refractivity contribution in [2.75, 3.05) is 0 Å². The van der Waals surface area contributed by atoms with Crippen LogP contribution in [0.15, 0.2) is 12.4 Å². The summed E-state index contributed by atoms with van der Waals surface area (Å²) in [5.41, 5.74) is 1.23. The van der Waals surface area contributed by atoms with Crippen molar-refractivity contribution in [2.45, 2.75) is 32.7 Å². The predicted octanol–water partition coefficient (Wildman–Crippen LogP) is 2.20. The minimum Gasteiger partial charge on any atom is -0.258 e. The fraction of sp³-hybridized carbons (Fsp3) is 0.500. The lowest BCUT2D eigenvalue weighted by Gasteiger charge is -2.03. The van der Waals surface area contributed by atoms with E-state index in [2.05, 4.69) is 24.9 Å². The summed E-state index contributed by atoms with van der Waals surface area (Å²) in [5, 5.41) is 4.18. The number of rotatable bonds is 2. The summed E-state index contributed by atoms with van der Waals surface area (Å²) in [6.07, 6.45) is 9.16. The van der Waals surface area contributed by atoms with Crippen molar-refractivity contribution >= 4 is 0 Å². The van der Waals surface area contributed by atoms with Gasteiger partial charge in [0, 0.05) is 6.20 Å². The molecule has 12 heavy (non-hydrogen) atoms. The molecule has 0 N–H and O–H groups in total. The normalized spacial score (nSPS) is 12.9. The molecule has 0 saturated heterocycles. The standard InChI is InChI=1S/C10H14N2/c1-5-9(4)12-7-10(6-11-12)8(2)3/h1,6-9H,2-4H3. The van der Waals surface area contributed by atoms with Crippen molar-refractivity contribution in [2.24, 2.45) is 0 Å². The first kappa shape index (κ1) is 8.86. The zero-order valence-corrected chi connectivity index (χ0v) is 7.78. The molecular formula is C10H14N2. The Morgan fingerprint density at radius 2 is 2.17 bits per heavy atom. The third-order valence-electron chi connectivity index (χ3n) is 1.93. The molecule has 0 aromatic carbocycles. The smallest absolute Gasteiger partial charge is 0.109 e. The van der Waals surface area contributed by atoms with E-state index < -0.39 is 0 Å². The third kappa shape index (κ3) is 1.68. The van der Waals surface area contributed by atoms with E-state index >= 15 is 0 Å². The van der Waals surface area contributed by atoms with Crippen LogP contribution in [0.2, 0.25) is 0 Å². The van der Waals surface area contributed by atoms with Gasteiger partial charge in [-0.25, -0.2) is 0 Å². The molecule has 1 rings (SSSR count). The maximum absolute atomic E-state index is 5.28. The van der Waals surface area contributed by atoms with Gasteiger partial charge in [-0.1, -0.05) is 19.8 Å². The Kier molecular flexibility index (Phi) is 2.54. The van der Waals surface area contributed by atoms with Crippen LogP contribution < -0.4 is 0 Å². The molecular weight excluding hydrogens is 148 g/mol. The molecule has 0 spiro atoms. The Morgan fingerprint density at radius 1 is 1.50 bits per heavy atom. The minimum absolute atomic E-state index is 0.0532. The van der Waals surface area contributed by atoms with Crippen molar-refractivity contribution in [3.63, 3.8) is 0 Å². The summed E-state index contributed by atoms with van der Waals surface area (Å²) in [7, 11) is 0. The molecule has 1 heterocycles. The van der Waals surface area contributed by atoms with E-state index in [-0.39, 0.29) is 6.04 Å². The van der Waals surface area contributed by atoms with Gasteiger partial charge in [0.2, 0.25) is 0 Å². The molecule has 0 amide bonds. The predicted molar refractivity (Wildman–Crippen MR) is 49.9 cm³/mol. The highest BCUT2D eigenvalue weighted by atomic mass is 15.3. The fourth-order valence-corrected chi connectivity index (χ4v) is 0.939. The van der Waals surface area contributed by atoms with Crippen LogP contribution in [0.5, 0.6) is 0 Å². The van der Waals surface area contributed by atoms with Crippen LogP contribution in [0.3, 0.4) is 0 Å². The van der Waals surface area contributed by atoms with Gasteiger partial charge in [-0.05, 0) is 18.4 Å². The number of aromatic nitrogens is 2. The summed E-state index contributed by atoms with van der Waals surface area (Å²) in [5.74, 6) is 3.15. The first-order valence-corrected chi connectivity index (χ1v) is 4.15. The molecule has 0 bridgehead atoms. The van der Waals surface area contributed by atoms with E-state index in [1.54, 1.807) is 0 Å². The monoisotopic (exact) mass is 162 g/mol. The molecule has 2 heteroatoms. The zero-order chi connectivity index (χ0) is 9.14. The minimum atomic E-state index is 0.0532. The molecule has 1 unspecified atom stereocenters. The van der Waals surface area contributed by atoms with E-state index in [0.717, 1.165) is 0 Å². The topological polar surface area (TPSA) is 17.8 Å². The van der Waals surface area contributed by atoms with Gasteiger partial charge in [0.05, 0.1) is 6.20 Å². The molecule has 0 aliphatic carbocycles. The molecule has 0 radical (unpaired) electrons. The van der Waals surface area contributed by atoms with E-state index in [4.69, 9.17) is 6.42 Å². The fourth-order valence-electron chi connectivity index (χ4n) is 0.939. The summed E-state index contributed by atoms with van der Waals surface area (Å²) in [4.78, 5) is 0. The van der Waals surface area contributed by atoms with Crippen LogP contribution in [-0.2, 0) is 0 Å². The highest BCUT2D eigenvalue weighted by molar-refractivity contribution is 5.10. The van der Waals surface area contributed by atoms with Crippen LogP contribution in [0.1, 0.15) is 38.3 Å². The highest BCUT2D eigenvalue weighted by Gasteiger charge is 2.05. The second-order valence-corrected chi connectivity index (χ2v) is 3.25. The quantitative estimate of drug-likeness (QED) is 0.609. The van der Waals surface area contributed by atoms with Crippen LogP contribution in [0, 0.1) is 12.3 Å². The van der Waals surface area contributed by atoms with Crippen LogP contribution in [-0.4, -0.2) is 9.78 Å². The van der Waals surface area contributed by atoms with Gasteiger partial charge >= 0.3 is 0 Å². The lowest BCUT2D eigenvalue weighted by Crippen LogP contribution is -2.02. The van der Waals surface area contributed by atoms with E-state index in [0.29, 0.717) is 5.92 Å². The van der Waals surface area contributed by atoms with E-state index in [1.807, 2.05) is 24.0 Å². The number of hydrogen-bond acceptors (Lipinski definition) is 1. The van der Waals surface area contributed by atoms with Gasteiger partial charge in [-0.15, -0.1) is 6.42 Å². The summed E-state index contributed by atoms with van der Waals surface area (Å²) < 4.78 is 1.81. The number of terminal acetylenes is 1. The Balaban J connectivity index is 2.86. The lowest BCUT2D eigenvalue weighted by atomic mass is 10.1. The van der Waals surface area contributed by atoms with Crippen LogP contribution in [0.4, 0.5) is 0 Å². The Morgan fingerprint density at radius 3 is 2.58 bits per heavy atom. The second kappa shape index (κ2) is 3.44. The molecule has 0 saturated carbocycles. The van der Waals surface area contributed by atoms with Crippen molar-refractivity contribution in [1.82, 2.24) is 9.78 Å². The maximum Gasteiger partial charge on any atom is 0.109 e. The summed E-state index contributed by atoms with van der Waals surface area (Å²) in [6.45, 7) is 6.24. The molecule has 1 atom stereocenters. The highest BCUT2D eigenvalue weighted by Crippen LogP contribution is 2.14. The van der Waals surface area contributed by atoms with Crippen molar-refractivity contribution in [3.05, 3.63) is 18.0 Å². The Hall–Kier alpha value is -1.23. The van der Waals surface area contributed by atoms with Gasteiger partial charge in [0.25, 0.3) is 0 Å². The van der Waals surface area contributed by atoms with Gasteiger partial charge in [-0.3, -0.25) is 4.68 Å². The summed E-state index contributed by atoms with van der Waals surface area (Å²) in [6, 6.07) is 0.0532. The average molecular weight is 162 g/mol. The van der Waals surface area contributed by atoms with Gasteiger partial charge in [-0.2, -0.15) is 5.10 Å². The van der Waals surface area contributed by atoms with Crippen LogP contribution >= 0.6 is 0 Å².